The first-order valence-electron chi connectivity index (χ1n) is 5.15. The van der Waals surface area contributed by atoms with Crippen LogP contribution in [0.25, 0.3) is 0 Å². The number of ether oxygens (including phenoxy) is 1. The molecule has 0 N–H and O–H groups in total. The molecule has 2 nitrogen and oxygen atoms in total. The van der Waals surface area contributed by atoms with Crippen molar-refractivity contribution in [2.24, 2.45) is 0 Å². The summed E-state index contributed by atoms with van der Waals surface area (Å²) >= 11 is 8.03. The zero-order valence-corrected chi connectivity index (χ0v) is 12.2. The summed E-state index contributed by atoms with van der Waals surface area (Å²) in [6.07, 6.45) is 0. The fourth-order valence-corrected chi connectivity index (χ4v) is 2.21. The van der Waals surface area contributed by atoms with Crippen LogP contribution in [0.3, 0.4) is 0 Å². The third-order valence-corrected chi connectivity index (χ3v) is 3.29. The molecule has 0 fully saturated rings. The molecule has 0 aliphatic rings. The second kappa shape index (κ2) is 5.69. The molecule has 0 atom stereocenters. The Balaban J connectivity index is 2.22. The molecular formula is C13H11ClINO. The van der Waals surface area contributed by atoms with Crippen LogP contribution in [0.4, 0.5) is 0 Å². The van der Waals surface area contributed by atoms with Crippen LogP contribution < -0.4 is 4.74 Å². The van der Waals surface area contributed by atoms with Crippen molar-refractivity contribution >= 4 is 34.2 Å². The molecule has 17 heavy (non-hydrogen) atoms. The molecule has 88 valence electrons. The zero-order chi connectivity index (χ0) is 12.3. The average Bonchev–Trinajstić information content (AvgIpc) is 2.29. The summed E-state index contributed by atoms with van der Waals surface area (Å²) in [5.74, 6) is 1.86. The van der Waals surface area contributed by atoms with Crippen molar-refractivity contribution < 1.29 is 4.74 Å². The van der Waals surface area contributed by atoms with Crippen molar-refractivity contribution in [2.45, 2.75) is 12.8 Å². The first-order valence-corrected chi connectivity index (χ1v) is 6.76. The van der Waals surface area contributed by atoms with Crippen molar-refractivity contribution in [3.05, 3.63) is 51.2 Å². The molecule has 0 unspecified atom stereocenters. The smallest absolute Gasteiger partial charge is 0.219 e. The standard InChI is InChI=1S/C13H11ClINO/c1-9-10(8-14)5-6-13(16-9)17-12-4-2-3-11(15)7-12/h2-7H,8H2,1H3. The van der Waals surface area contributed by atoms with E-state index in [9.17, 15) is 0 Å². The minimum Gasteiger partial charge on any atom is -0.439 e. The van der Waals surface area contributed by atoms with Gasteiger partial charge in [-0.15, -0.1) is 11.6 Å². The van der Waals surface area contributed by atoms with Crippen LogP contribution in [-0.2, 0) is 5.88 Å². The SMILES string of the molecule is Cc1nc(Oc2cccc(I)c2)ccc1CCl. The molecule has 0 aliphatic heterocycles. The van der Waals surface area contributed by atoms with Crippen LogP contribution >= 0.6 is 34.2 Å². The molecule has 0 spiro atoms. The van der Waals surface area contributed by atoms with Crippen molar-refractivity contribution in [2.75, 3.05) is 0 Å². The highest BCUT2D eigenvalue weighted by atomic mass is 127. The monoisotopic (exact) mass is 359 g/mol. The van der Waals surface area contributed by atoms with Gasteiger partial charge in [-0.1, -0.05) is 12.1 Å². The Morgan fingerprint density at radius 2 is 2.12 bits per heavy atom. The number of rotatable bonds is 3. The number of hydrogen-bond donors (Lipinski definition) is 0. The highest BCUT2D eigenvalue weighted by Crippen LogP contribution is 2.22. The molecule has 0 aliphatic carbocycles. The molecule has 4 heteroatoms. The molecular weight excluding hydrogens is 349 g/mol. The summed E-state index contributed by atoms with van der Waals surface area (Å²) in [6, 6.07) is 11.6. The normalized spacial score (nSPS) is 10.3. The lowest BCUT2D eigenvalue weighted by Crippen LogP contribution is -1.93. The van der Waals surface area contributed by atoms with Gasteiger partial charge in [0.1, 0.15) is 5.75 Å². The molecule has 1 heterocycles. The Morgan fingerprint density at radius 3 is 2.76 bits per heavy atom. The van der Waals surface area contributed by atoms with Crippen molar-refractivity contribution in [1.29, 1.82) is 0 Å². The fourth-order valence-electron chi connectivity index (χ4n) is 1.42. The number of aromatic nitrogens is 1. The maximum Gasteiger partial charge on any atom is 0.219 e. The van der Waals surface area contributed by atoms with Gasteiger partial charge < -0.3 is 4.74 Å². The molecule has 2 aromatic rings. The van der Waals surface area contributed by atoms with Gasteiger partial charge in [-0.3, -0.25) is 0 Å². The van der Waals surface area contributed by atoms with Gasteiger partial charge in [0.25, 0.3) is 0 Å². The number of aryl methyl sites for hydroxylation is 1. The van der Waals surface area contributed by atoms with E-state index in [1.807, 2.05) is 43.3 Å². The van der Waals surface area contributed by atoms with Crippen LogP contribution in [0.2, 0.25) is 0 Å². The predicted octanol–water partition coefficient (Wildman–Crippen LogP) is 4.53. The topological polar surface area (TPSA) is 22.1 Å². The molecule has 0 saturated heterocycles. The summed E-state index contributed by atoms with van der Waals surface area (Å²) in [6.45, 7) is 1.93. The number of hydrogen-bond acceptors (Lipinski definition) is 2. The molecule has 0 saturated carbocycles. The van der Waals surface area contributed by atoms with E-state index in [1.165, 1.54) is 0 Å². The van der Waals surface area contributed by atoms with Gasteiger partial charge in [0.05, 0.1) is 0 Å². The zero-order valence-electron chi connectivity index (χ0n) is 9.28. The van der Waals surface area contributed by atoms with Crippen molar-refractivity contribution in [1.82, 2.24) is 4.98 Å². The van der Waals surface area contributed by atoms with Gasteiger partial charge in [-0.25, -0.2) is 4.98 Å². The minimum absolute atomic E-state index is 0.475. The summed E-state index contributed by atoms with van der Waals surface area (Å²) in [5, 5.41) is 0. The molecule has 2 rings (SSSR count). The number of nitrogens with zero attached hydrogens (tertiary/aromatic N) is 1. The average molecular weight is 360 g/mol. The van der Waals surface area contributed by atoms with Crippen molar-refractivity contribution in [3.8, 4) is 11.6 Å². The number of halogens is 2. The Labute approximate surface area is 119 Å². The second-order valence-electron chi connectivity index (χ2n) is 3.59. The quantitative estimate of drug-likeness (QED) is 0.593. The lowest BCUT2D eigenvalue weighted by Gasteiger charge is -2.07. The minimum atomic E-state index is 0.475. The lowest BCUT2D eigenvalue weighted by atomic mass is 10.2. The van der Waals surface area contributed by atoms with E-state index in [1.54, 1.807) is 0 Å². The van der Waals surface area contributed by atoms with E-state index in [-0.39, 0.29) is 0 Å². The predicted molar refractivity (Wildman–Crippen MR) is 77.8 cm³/mol. The van der Waals surface area contributed by atoms with E-state index < -0.39 is 0 Å². The van der Waals surface area contributed by atoms with Gasteiger partial charge in [-0.05, 0) is 53.3 Å². The highest BCUT2D eigenvalue weighted by Gasteiger charge is 2.03. The van der Waals surface area contributed by atoms with Gasteiger partial charge in [0.2, 0.25) is 5.88 Å². The third-order valence-electron chi connectivity index (χ3n) is 2.33. The fraction of sp³-hybridized carbons (Fsp3) is 0.154. The highest BCUT2D eigenvalue weighted by molar-refractivity contribution is 14.1. The van der Waals surface area contributed by atoms with Crippen LogP contribution in [0, 0.1) is 10.5 Å². The van der Waals surface area contributed by atoms with Crippen LogP contribution in [-0.4, -0.2) is 4.98 Å². The van der Waals surface area contributed by atoms with E-state index in [2.05, 4.69) is 27.6 Å². The molecule has 1 aromatic heterocycles. The number of benzene rings is 1. The van der Waals surface area contributed by atoms with Crippen molar-refractivity contribution in [3.63, 3.8) is 0 Å². The largest absolute Gasteiger partial charge is 0.439 e. The molecule has 0 bridgehead atoms. The maximum atomic E-state index is 5.78. The Hall–Kier alpha value is -0.810. The van der Waals surface area contributed by atoms with Crippen LogP contribution in [0.15, 0.2) is 36.4 Å². The van der Waals surface area contributed by atoms with Gasteiger partial charge in [0, 0.05) is 21.2 Å². The van der Waals surface area contributed by atoms with E-state index in [0.717, 1.165) is 20.6 Å². The molecule has 0 radical (unpaired) electrons. The van der Waals surface area contributed by atoms with Gasteiger partial charge in [0.15, 0.2) is 0 Å². The van der Waals surface area contributed by atoms with E-state index in [0.29, 0.717) is 11.8 Å². The first kappa shape index (κ1) is 12.6. The Morgan fingerprint density at radius 1 is 1.29 bits per heavy atom. The first-order chi connectivity index (χ1) is 8.19. The Bertz CT molecular complexity index is 531. The summed E-state index contributed by atoms with van der Waals surface area (Å²) in [4.78, 5) is 4.36. The lowest BCUT2D eigenvalue weighted by molar-refractivity contribution is 0.461. The summed E-state index contributed by atoms with van der Waals surface area (Å²) in [5.41, 5.74) is 1.93. The summed E-state index contributed by atoms with van der Waals surface area (Å²) < 4.78 is 6.81. The Kier molecular flexibility index (Phi) is 4.23. The van der Waals surface area contributed by atoms with Crippen LogP contribution in [0.1, 0.15) is 11.3 Å². The third kappa shape index (κ3) is 3.33. The van der Waals surface area contributed by atoms with E-state index in [4.69, 9.17) is 16.3 Å². The second-order valence-corrected chi connectivity index (χ2v) is 5.10. The summed E-state index contributed by atoms with van der Waals surface area (Å²) in [7, 11) is 0. The molecule has 1 aromatic carbocycles. The van der Waals surface area contributed by atoms with Crippen LogP contribution in [0.5, 0.6) is 11.6 Å². The number of alkyl halides is 1. The van der Waals surface area contributed by atoms with Gasteiger partial charge >= 0.3 is 0 Å². The molecule has 0 amide bonds. The number of pyridine rings is 1. The van der Waals surface area contributed by atoms with Gasteiger partial charge in [-0.2, -0.15) is 0 Å². The van der Waals surface area contributed by atoms with E-state index >= 15 is 0 Å². The maximum absolute atomic E-state index is 5.78.